The number of hydrogen-bond donors (Lipinski definition) is 2. The molecule has 2 rings (SSSR count). The van der Waals surface area contributed by atoms with Gasteiger partial charge in [-0.05, 0) is 36.8 Å². The maximum atomic E-state index is 13.5. The minimum absolute atomic E-state index is 0.256. The summed E-state index contributed by atoms with van der Waals surface area (Å²) in [5.74, 6) is -0.267. The van der Waals surface area contributed by atoms with Gasteiger partial charge in [0.2, 0.25) is 0 Å². The Balaban J connectivity index is 2.17. The summed E-state index contributed by atoms with van der Waals surface area (Å²) < 4.78 is 19.0. The molecule has 0 spiro atoms. The van der Waals surface area contributed by atoms with E-state index >= 15 is 0 Å². The van der Waals surface area contributed by atoms with Gasteiger partial charge >= 0.3 is 0 Å². The molecule has 4 nitrogen and oxygen atoms in total. The SMILES string of the molecule is Cc1ccc(C(=O)Nc2ccccc2OCCN)cc1F. The number of halogens is 1. The summed E-state index contributed by atoms with van der Waals surface area (Å²) in [4.78, 5) is 12.1. The van der Waals surface area contributed by atoms with Gasteiger partial charge in [0, 0.05) is 12.1 Å². The molecule has 0 saturated heterocycles. The van der Waals surface area contributed by atoms with Crippen molar-refractivity contribution in [3.63, 3.8) is 0 Å². The number of amides is 1. The minimum atomic E-state index is -0.407. The van der Waals surface area contributed by atoms with Crippen LogP contribution in [0.4, 0.5) is 10.1 Å². The minimum Gasteiger partial charge on any atom is -0.490 e. The number of aryl methyl sites for hydroxylation is 1. The van der Waals surface area contributed by atoms with Crippen LogP contribution in [0.15, 0.2) is 42.5 Å². The van der Waals surface area contributed by atoms with Crippen LogP contribution in [0.2, 0.25) is 0 Å². The molecule has 0 unspecified atom stereocenters. The number of benzene rings is 2. The van der Waals surface area contributed by atoms with Crippen LogP contribution >= 0.6 is 0 Å². The predicted octanol–water partition coefficient (Wildman–Crippen LogP) is 2.72. The van der Waals surface area contributed by atoms with Gasteiger partial charge in [-0.2, -0.15) is 0 Å². The normalized spacial score (nSPS) is 10.2. The largest absolute Gasteiger partial charge is 0.490 e. The van der Waals surface area contributed by atoms with Crippen molar-refractivity contribution < 1.29 is 13.9 Å². The molecule has 0 saturated carbocycles. The summed E-state index contributed by atoms with van der Waals surface area (Å²) in [6, 6.07) is 11.4. The van der Waals surface area contributed by atoms with E-state index in [1.165, 1.54) is 6.07 Å². The molecule has 21 heavy (non-hydrogen) atoms. The van der Waals surface area contributed by atoms with Gasteiger partial charge in [0.15, 0.2) is 0 Å². The lowest BCUT2D eigenvalue weighted by Gasteiger charge is -2.12. The van der Waals surface area contributed by atoms with Gasteiger partial charge < -0.3 is 15.8 Å². The summed E-state index contributed by atoms with van der Waals surface area (Å²) in [5.41, 5.74) is 6.68. The molecule has 0 heterocycles. The summed E-state index contributed by atoms with van der Waals surface area (Å²) in [6.45, 7) is 2.38. The molecule has 2 aromatic carbocycles. The van der Waals surface area contributed by atoms with Crippen molar-refractivity contribution in [3.8, 4) is 5.75 Å². The van der Waals surface area contributed by atoms with Gasteiger partial charge in [-0.3, -0.25) is 4.79 Å². The van der Waals surface area contributed by atoms with Crippen molar-refractivity contribution in [3.05, 3.63) is 59.4 Å². The van der Waals surface area contributed by atoms with E-state index in [4.69, 9.17) is 10.5 Å². The number of nitrogens with two attached hydrogens (primary N) is 1. The van der Waals surface area contributed by atoms with Gasteiger partial charge in [0.1, 0.15) is 18.2 Å². The zero-order chi connectivity index (χ0) is 15.2. The number of rotatable bonds is 5. The van der Waals surface area contributed by atoms with Crippen LogP contribution in [0, 0.1) is 12.7 Å². The molecule has 0 radical (unpaired) electrons. The van der Waals surface area contributed by atoms with Crippen LogP contribution in [0.25, 0.3) is 0 Å². The molecular weight excluding hydrogens is 271 g/mol. The van der Waals surface area contributed by atoms with Crippen LogP contribution in [0.5, 0.6) is 5.75 Å². The number of nitrogens with one attached hydrogen (secondary N) is 1. The Morgan fingerprint density at radius 3 is 2.76 bits per heavy atom. The third-order valence-corrected chi connectivity index (χ3v) is 2.94. The fourth-order valence-corrected chi connectivity index (χ4v) is 1.79. The van der Waals surface area contributed by atoms with Gasteiger partial charge in [-0.1, -0.05) is 18.2 Å². The molecule has 1 amide bonds. The van der Waals surface area contributed by atoms with Gasteiger partial charge in [-0.15, -0.1) is 0 Å². The molecule has 0 fully saturated rings. The summed E-state index contributed by atoms with van der Waals surface area (Å²) in [6.07, 6.45) is 0. The highest BCUT2D eigenvalue weighted by Crippen LogP contribution is 2.24. The van der Waals surface area contributed by atoms with Crippen molar-refractivity contribution in [2.75, 3.05) is 18.5 Å². The van der Waals surface area contributed by atoms with E-state index in [2.05, 4.69) is 5.32 Å². The highest BCUT2D eigenvalue weighted by Gasteiger charge is 2.11. The van der Waals surface area contributed by atoms with E-state index < -0.39 is 11.7 Å². The Morgan fingerprint density at radius 2 is 2.05 bits per heavy atom. The lowest BCUT2D eigenvalue weighted by atomic mass is 10.1. The summed E-state index contributed by atoms with van der Waals surface area (Å²) >= 11 is 0. The van der Waals surface area contributed by atoms with E-state index in [0.29, 0.717) is 30.2 Å². The molecular formula is C16H17FN2O2. The standard InChI is InChI=1S/C16H17FN2O2/c1-11-6-7-12(10-13(11)17)16(20)19-14-4-2-3-5-15(14)21-9-8-18/h2-7,10H,8-9,18H2,1H3,(H,19,20). The molecule has 0 aliphatic heterocycles. The number of hydrogen-bond acceptors (Lipinski definition) is 3. The van der Waals surface area contributed by atoms with Crippen molar-refractivity contribution in [2.24, 2.45) is 5.73 Å². The second-order valence-corrected chi connectivity index (χ2v) is 4.55. The molecule has 0 aromatic heterocycles. The number of carbonyl (C=O) groups is 1. The van der Waals surface area contributed by atoms with E-state index in [1.807, 2.05) is 0 Å². The number of anilines is 1. The van der Waals surface area contributed by atoms with Crippen molar-refractivity contribution in [1.82, 2.24) is 0 Å². The maximum absolute atomic E-state index is 13.5. The van der Waals surface area contributed by atoms with Crippen molar-refractivity contribution >= 4 is 11.6 Å². The average molecular weight is 288 g/mol. The van der Waals surface area contributed by atoms with Crippen molar-refractivity contribution in [2.45, 2.75) is 6.92 Å². The van der Waals surface area contributed by atoms with Crippen LogP contribution in [-0.4, -0.2) is 19.1 Å². The topological polar surface area (TPSA) is 64.3 Å². The number of ether oxygens (including phenoxy) is 1. The molecule has 0 atom stereocenters. The lowest BCUT2D eigenvalue weighted by molar-refractivity contribution is 0.102. The Hall–Kier alpha value is -2.40. The quantitative estimate of drug-likeness (QED) is 0.889. The Morgan fingerprint density at radius 1 is 1.29 bits per heavy atom. The van der Waals surface area contributed by atoms with Crippen LogP contribution < -0.4 is 15.8 Å². The fraction of sp³-hybridized carbons (Fsp3) is 0.188. The maximum Gasteiger partial charge on any atom is 0.255 e. The van der Waals surface area contributed by atoms with Crippen LogP contribution in [-0.2, 0) is 0 Å². The Kier molecular flexibility index (Phi) is 4.90. The molecule has 0 aliphatic rings. The first-order chi connectivity index (χ1) is 10.1. The van der Waals surface area contributed by atoms with Gasteiger partial charge in [-0.25, -0.2) is 4.39 Å². The third-order valence-electron chi connectivity index (χ3n) is 2.94. The summed E-state index contributed by atoms with van der Waals surface area (Å²) in [5, 5.41) is 2.71. The summed E-state index contributed by atoms with van der Waals surface area (Å²) in [7, 11) is 0. The monoisotopic (exact) mass is 288 g/mol. The first-order valence-electron chi connectivity index (χ1n) is 6.61. The highest BCUT2D eigenvalue weighted by atomic mass is 19.1. The lowest BCUT2D eigenvalue weighted by Crippen LogP contribution is -2.15. The first-order valence-corrected chi connectivity index (χ1v) is 6.61. The van der Waals surface area contributed by atoms with Gasteiger partial charge in [0.25, 0.3) is 5.91 Å². The molecule has 0 aliphatic carbocycles. The smallest absolute Gasteiger partial charge is 0.255 e. The third kappa shape index (κ3) is 3.79. The molecule has 3 N–H and O–H groups in total. The number of para-hydroxylation sites is 2. The molecule has 0 bridgehead atoms. The van der Waals surface area contributed by atoms with E-state index in [9.17, 15) is 9.18 Å². The van der Waals surface area contributed by atoms with Crippen LogP contribution in [0.1, 0.15) is 15.9 Å². The second kappa shape index (κ2) is 6.85. The van der Waals surface area contributed by atoms with Crippen LogP contribution in [0.3, 0.4) is 0 Å². The predicted molar refractivity (Wildman–Crippen MR) is 80.1 cm³/mol. The average Bonchev–Trinajstić information content (AvgIpc) is 2.49. The van der Waals surface area contributed by atoms with Crippen molar-refractivity contribution in [1.29, 1.82) is 0 Å². The highest BCUT2D eigenvalue weighted by molar-refractivity contribution is 6.05. The fourth-order valence-electron chi connectivity index (χ4n) is 1.79. The zero-order valence-electron chi connectivity index (χ0n) is 11.7. The molecule has 110 valence electrons. The number of carbonyl (C=O) groups excluding carboxylic acids is 1. The zero-order valence-corrected chi connectivity index (χ0v) is 11.7. The van der Waals surface area contributed by atoms with E-state index in [-0.39, 0.29) is 5.56 Å². The molecule has 2 aromatic rings. The Bertz CT molecular complexity index is 644. The second-order valence-electron chi connectivity index (χ2n) is 4.55. The van der Waals surface area contributed by atoms with Gasteiger partial charge in [0.05, 0.1) is 5.69 Å². The first kappa shape index (κ1) is 15.0. The van der Waals surface area contributed by atoms with E-state index in [0.717, 1.165) is 0 Å². The van der Waals surface area contributed by atoms with E-state index in [1.54, 1.807) is 43.3 Å². The Labute approximate surface area is 122 Å². The molecule has 5 heteroatoms.